The maximum Gasteiger partial charge on any atom is 0.325 e. The van der Waals surface area contributed by atoms with Crippen LogP contribution in [0.4, 0.5) is 9.93 Å². The van der Waals surface area contributed by atoms with Crippen LogP contribution in [0.25, 0.3) is 0 Å². The van der Waals surface area contributed by atoms with Crippen molar-refractivity contribution in [2.24, 2.45) is 0 Å². The van der Waals surface area contributed by atoms with Crippen molar-refractivity contribution in [3.63, 3.8) is 0 Å². The molecule has 0 fully saturated rings. The predicted octanol–water partition coefficient (Wildman–Crippen LogP) is 0.133. The standard InChI is InChI=1S/C6H8N4O3S/c1-3(4(11)12)8-5(13)9-6-10-7-2-14-6/h2-3H,1H3,(H,11,12)(H2,8,9,10,13). The van der Waals surface area contributed by atoms with Gasteiger partial charge in [0.15, 0.2) is 0 Å². The van der Waals surface area contributed by atoms with Crippen LogP contribution in [0.3, 0.4) is 0 Å². The molecule has 0 aliphatic carbocycles. The molecular formula is C6H8N4O3S. The highest BCUT2D eigenvalue weighted by Crippen LogP contribution is 2.06. The minimum atomic E-state index is -1.10. The monoisotopic (exact) mass is 216 g/mol. The van der Waals surface area contributed by atoms with E-state index in [1.807, 2.05) is 0 Å². The van der Waals surface area contributed by atoms with Gasteiger partial charge in [0.25, 0.3) is 0 Å². The number of carbonyl (C=O) groups excluding carboxylic acids is 1. The molecule has 1 rings (SSSR count). The molecule has 1 unspecified atom stereocenters. The largest absolute Gasteiger partial charge is 0.480 e. The van der Waals surface area contributed by atoms with Gasteiger partial charge in [-0.1, -0.05) is 11.3 Å². The van der Waals surface area contributed by atoms with Crippen molar-refractivity contribution in [3.05, 3.63) is 5.51 Å². The predicted molar refractivity (Wildman–Crippen MR) is 49.2 cm³/mol. The van der Waals surface area contributed by atoms with Gasteiger partial charge in [-0.3, -0.25) is 10.1 Å². The number of carboxylic acids is 1. The van der Waals surface area contributed by atoms with E-state index in [0.29, 0.717) is 5.13 Å². The van der Waals surface area contributed by atoms with E-state index in [-0.39, 0.29) is 0 Å². The van der Waals surface area contributed by atoms with Crippen molar-refractivity contribution in [2.45, 2.75) is 13.0 Å². The van der Waals surface area contributed by atoms with E-state index >= 15 is 0 Å². The number of carboxylic acid groups (broad SMARTS) is 1. The summed E-state index contributed by atoms with van der Waals surface area (Å²) in [5.74, 6) is -1.10. The number of amides is 2. The first-order valence-corrected chi connectivity index (χ1v) is 4.54. The quantitative estimate of drug-likeness (QED) is 0.666. The van der Waals surface area contributed by atoms with Gasteiger partial charge in [-0.15, -0.1) is 10.2 Å². The number of anilines is 1. The molecule has 1 heterocycles. The third-order valence-electron chi connectivity index (χ3n) is 1.30. The topological polar surface area (TPSA) is 104 Å². The third-order valence-corrected chi connectivity index (χ3v) is 1.91. The molecule has 1 aromatic rings. The Kier molecular flexibility index (Phi) is 3.35. The van der Waals surface area contributed by atoms with Crippen LogP contribution in [0, 0.1) is 0 Å². The lowest BCUT2D eigenvalue weighted by Gasteiger charge is -2.08. The highest BCUT2D eigenvalue weighted by Gasteiger charge is 2.14. The first-order chi connectivity index (χ1) is 6.59. The third kappa shape index (κ3) is 2.98. The Hall–Kier alpha value is -1.70. The van der Waals surface area contributed by atoms with E-state index in [2.05, 4.69) is 20.8 Å². The Morgan fingerprint density at radius 2 is 2.36 bits per heavy atom. The Labute approximate surface area is 83.2 Å². The fourth-order valence-corrected chi connectivity index (χ4v) is 1.06. The molecule has 0 aromatic carbocycles. The zero-order chi connectivity index (χ0) is 10.6. The van der Waals surface area contributed by atoms with Gasteiger partial charge in [-0.05, 0) is 6.92 Å². The SMILES string of the molecule is CC(NC(=O)Nc1nncs1)C(=O)O. The molecule has 14 heavy (non-hydrogen) atoms. The lowest BCUT2D eigenvalue weighted by Crippen LogP contribution is -2.40. The molecule has 7 nitrogen and oxygen atoms in total. The molecule has 0 saturated carbocycles. The molecule has 0 spiro atoms. The minimum Gasteiger partial charge on any atom is -0.480 e. The van der Waals surface area contributed by atoms with Crippen LogP contribution >= 0.6 is 11.3 Å². The zero-order valence-corrected chi connectivity index (χ0v) is 8.04. The van der Waals surface area contributed by atoms with Gasteiger partial charge in [-0.25, -0.2) is 4.79 Å². The smallest absolute Gasteiger partial charge is 0.325 e. The summed E-state index contributed by atoms with van der Waals surface area (Å²) in [5, 5.41) is 20.4. The minimum absolute atomic E-state index is 0.320. The van der Waals surface area contributed by atoms with Gasteiger partial charge in [0, 0.05) is 0 Å². The number of hydrogen-bond donors (Lipinski definition) is 3. The molecular weight excluding hydrogens is 208 g/mol. The van der Waals surface area contributed by atoms with Gasteiger partial charge < -0.3 is 10.4 Å². The van der Waals surface area contributed by atoms with Gasteiger partial charge >= 0.3 is 12.0 Å². The van der Waals surface area contributed by atoms with Crippen molar-refractivity contribution in [1.82, 2.24) is 15.5 Å². The number of carbonyl (C=O) groups is 2. The Morgan fingerprint density at radius 1 is 1.64 bits per heavy atom. The molecule has 2 amide bonds. The van der Waals surface area contributed by atoms with Crippen molar-refractivity contribution >= 4 is 28.5 Å². The van der Waals surface area contributed by atoms with Gasteiger partial charge in [0.1, 0.15) is 11.6 Å². The van der Waals surface area contributed by atoms with Crippen LogP contribution in [0.1, 0.15) is 6.92 Å². The molecule has 76 valence electrons. The zero-order valence-electron chi connectivity index (χ0n) is 7.22. The molecule has 0 aliphatic rings. The number of aliphatic carboxylic acids is 1. The summed E-state index contributed by atoms with van der Waals surface area (Å²) in [5.41, 5.74) is 1.45. The van der Waals surface area contributed by atoms with E-state index in [4.69, 9.17) is 5.11 Å². The maximum atomic E-state index is 11.1. The lowest BCUT2D eigenvalue weighted by atomic mass is 10.3. The Morgan fingerprint density at radius 3 is 2.86 bits per heavy atom. The van der Waals surface area contributed by atoms with Crippen LogP contribution < -0.4 is 10.6 Å². The van der Waals surface area contributed by atoms with Crippen LogP contribution in [0.15, 0.2) is 5.51 Å². The fourth-order valence-electron chi connectivity index (χ4n) is 0.619. The Balaban J connectivity index is 2.40. The van der Waals surface area contributed by atoms with E-state index in [0.717, 1.165) is 11.3 Å². The Bertz CT molecular complexity index is 326. The normalized spacial score (nSPS) is 11.8. The second kappa shape index (κ2) is 4.51. The van der Waals surface area contributed by atoms with Gasteiger partial charge in [0.2, 0.25) is 5.13 Å². The summed E-state index contributed by atoms with van der Waals surface area (Å²) in [4.78, 5) is 21.4. The average molecular weight is 216 g/mol. The van der Waals surface area contributed by atoms with E-state index < -0.39 is 18.0 Å². The maximum absolute atomic E-state index is 11.1. The molecule has 0 bridgehead atoms. The molecule has 8 heteroatoms. The van der Waals surface area contributed by atoms with E-state index in [9.17, 15) is 9.59 Å². The second-order valence-corrected chi connectivity index (χ2v) is 3.24. The first-order valence-electron chi connectivity index (χ1n) is 3.66. The van der Waals surface area contributed by atoms with Crippen molar-refractivity contribution in [3.8, 4) is 0 Å². The molecule has 0 radical (unpaired) electrons. The van der Waals surface area contributed by atoms with Gasteiger partial charge in [0.05, 0.1) is 0 Å². The van der Waals surface area contributed by atoms with Crippen LogP contribution in [0.5, 0.6) is 0 Å². The highest BCUT2D eigenvalue weighted by molar-refractivity contribution is 7.13. The fraction of sp³-hybridized carbons (Fsp3) is 0.333. The highest BCUT2D eigenvalue weighted by atomic mass is 32.1. The first kappa shape index (κ1) is 10.4. The van der Waals surface area contributed by atoms with Gasteiger partial charge in [-0.2, -0.15) is 0 Å². The summed E-state index contributed by atoms with van der Waals surface area (Å²) < 4.78 is 0. The second-order valence-electron chi connectivity index (χ2n) is 2.40. The lowest BCUT2D eigenvalue weighted by molar-refractivity contribution is -0.138. The van der Waals surface area contributed by atoms with E-state index in [1.54, 1.807) is 0 Å². The summed E-state index contributed by atoms with van der Waals surface area (Å²) >= 11 is 1.15. The number of rotatable bonds is 3. The number of urea groups is 1. The molecule has 1 aromatic heterocycles. The van der Waals surface area contributed by atoms with Crippen molar-refractivity contribution in [1.29, 1.82) is 0 Å². The number of aromatic nitrogens is 2. The summed E-state index contributed by atoms with van der Waals surface area (Å²) in [6, 6.07) is -1.56. The molecule has 1 atom stereocenters. The molecule has 0 saturated heterocycles. The van der Waals surface area contributed by atoms with Crippen molar-refractivity contribution < 1.29 is 14.7 Å². The number of nitrogens with one attached hydrogen (secondary N) is 2. The molecule has 0 aliphatic heterocycles. The number of hydrogen-bond acceptors (Lipinski definition) is 5. The van der Waals surface area contributed by atoms with E-state index in [1.165, 1.54) is 12.4 Å². The van der Waals surface area contributed by atoms with Crippen LogP contribution in [0.2, 0.25) is 0 Å². The molecule has 3 N–H and O–H groups in total. The van der Waals surface area contributed by atoms with Crippen LogP contribution in [-0.4, -0.2) is 33.3 Å². The van der Waals surface area contributed by atoms with Crippen LogP contribution in [-0.2, 0) is 4.79 Å². The summed E-state index contributed by atoms with van der Waals surface area (Å²) in [7, 11) is 0. The average Bonchev–Trinajstić information content (AvgIpc) is 2.56. The van der Waals surface area contributed by atoms with Crippen molar-refractivity contribution in [2.75, 3.05) is 5.32 Å². The summed E-state index contributed by atoms with van der Waals surface area (Å²) in [6.45, 7) is 1.36. The number of nitrogens with zero attached hydrogens (tertiary/aromatic N) is 2. The summed E-state index contributed by atoms with van der Waals surface area (Å²) in [6.07, 6.45) is 0.